The van der Waals surface area contributed by atoms with Gasteiger partial charge in [0.1, 0.15) is 17.5 Å². The Morgan fingerprint density at radius 3 is 2.33 bits per heavy atom. The summed E-state index contributed by atoms with van der Waals surface area (Å²) in [5.74, 6) is -2.26. The fourth-order valence-electron chi connectivity index (χ4n) is 1.60. The average molecular weight is 299 g/mol. The third-order valence-electron chi connectivity index (χ3n) is 2.48. The third kappa shape index (κ3) is 5.03. The van der Waals surface area contributed by atoms with Crippen LogP contribution in [-0.2, 0) is 9.53 Å². The number of rotatable bonds is 4. The highest BCUT2D eigenvalue weighted by Gasteiger charge is 2.32. The summed E-state index contributed by atoms with van der Waals surface area (Å²) in [7, 11) is 0. The molecule has 0 aromatic heterocycles. The molecule has 0 aliphatic rings. The normalized spacial score (nSPS) is 14.1. The number of benzene rings is 1. The Hall–Kier alpha value is -2.15. The van der Waals surface area contributed by atoms with Gasteiger partial charge in [0, 0.05) is 5.56 Å². The van der Waals surface area contributed by atoms with E-state index in [1.807, 2.05) is 5.32 Å². The highest BCUT2D eigenvalue weighted by Crippen LogP contribution is 2.20. The molecule has 0 saturated heterocycles. The maximum Gasteiger partial charge on any atom is 0.408 e. The first-order chi connectivity index (χ1) is 9.61. The fourth-order valence-corrected chi connectivity index (χ4v) is 1.60. The molecular formula is C14H18FNO5. The Balaban J connectivity index is 2.90. The number of aliphatic carboxylic acids is 1. The van der Waals surface area contributed by atoms with Crippen LogP contribution >= 0.6 is 0 Å². The number of amides is 1. The van der Waals surface area contributed by atoms with Gasteiger partial charge in [-0.3, -0.25) is 0 Å². The quantitative estimate of drug-likeness (QED) is 0.788. The van der Waals surface area contributed by atoms with Crippen LogP contribution in [0, 0.1) is 5.82 Å². The second-order valence-corrected chi connectivity index (χ2v) is 5.43. The number of hydrogen-bond acceptors (Lipinski definition) is 4. The summed E-state index contributed by atoms with van der Waals surface area (Å²) in [4.78, 5) is 22.8. The SMILES string of the molecule is CC(C)(C)OC(=O)N[C@H](C(=O)O)[C@H](O)c1ccccc1F. The number of carboxylic acids is 1. The summed E-state index contributed by atoms with van der Waals surface area (Å²) >= 11 is 0. The van der Waals surface area contributed by atoms with E-state index in [1.54, 1.807) is 20.8 Å². The van der Waals surface area contributed by atoms with Crippen molar-refractivity contribution in [1.82, 2.24) is 5.32 Å². The number of nitrogens with one attached hydrogen (secondary N) is 1. The monoisotopic (exact) mass is 299 g/mol. The molecule has 0 heterocycles. The molecule has 0 aliphatic heterocycles. The number of carbonyl (C=O) groups is 2. The van der Waals surface area contributed by atoms with Crippen molar-refractivity contribution in [1.29, 1.82) is 0 Å². The Morgan fingerprint density at radius 1 is 1.29 bits per heavy atom. The maximum atomic E-state index is 13.6. The first-order valence-electron chi connectivity index (χ1n) is 6.26. The van der Waals surface area contributed by atoms with Crippen LogP contribution in [0.3, 0.4) is 0 Å². The number of aliphatic hydroxyl groups is 1. The predicted octanol–water partition coefficient (Wildman–Crippen LogP) is 1.84. The van der Waals surface area contributed by atoms with E-state index >= 15 is 0 Å². The summed E-state index contributed by atoms with van der Waals surface area (Å²) in [5.41, 5.74) is -1.04. The molecule has 1 aromatic carbocycles. The van der Waals surface area contributed by atoms with Gasteiger partial charge < -0.3 is 20.3 Å². The lowest BCUT2D eigenvalue weighted by atomic mass is 10.0. The van der Waals surface area contributed by atoms with Crippen molar-refractivity contribution in [3.8, 4) is 0 Å². The number of halogens is 1. The molecule has 1 aromatic rings. The Kier molecular flexibility index (Phi) is 5.26. The summed E-state index contributed by atoms with van der Waals surface area (Å²) in [6, 6.07) is 3.46. The first-order valence-corrected chi connectivity index (χ1v) is 6.26. The highest BCUT2D eigenvalue weighted by molar-refractivity contribution is 5.80. The van der Waals surface area contributed by atoms with Crippen LogP contribution in [-0.4, -0.2) is 33.9 Å². The lowest BCUT2D eigenvalue weighted by Gasteiger charge is -2.24. The molecular weight excluding hydrogens is 281 g/mol. The largest absolute Gasteiger partial charge is 0.480 e. The summed E-state index contributed by atoms with van der Waals surface area (Å²) in [6.07, 6.45) is -2.75. The van der Waals surface area contributed by atoms with E-state index in [4.69, 9.17) is 9.84 Å². The summed E-state index contributed by atoms with van der Waals surface area (Å²) in [5, 5.41) is 21.1. The molecule has 6 nitrogen and oxygen atoms in total. The van der Waals surface area contributed by atoms with Gasteiger partial charge >= 0.3 is 12.1 Å². The fraction of sp³-hybridized carbons (Fsp3) is 0.429. The van der Waals surface area contributed by atoms with Crippen LogP contribution < -0.4 is 5.32 Å². The van der Waals surface area contributed by atoms with Crippen LogP contribution in [0.2, 0.25) is 0 Å². The zero-order chi connectivity index (χ0) is 16.2. The lowest BCUT2D eigenvalue weighted by molar-refractivity contribution is -0.142. The minimum atomic E-state index is -1.74. The van der Waals surface area contributed by atoms with Gasteiger partial charge in [-0.2, -0.15) is 0 Å². The standard InChI is InChI=1S/C14H18FNO5/c1-14(2,3)21-13(20)16-10(12(18)19)11(17)8-6-4-5-7-9(8)15/h4-7,10-11,17H,1-3H3,(H,16,20)(H,18,19)/t10-,11+/m0/s1. The van der Waals surface area contributed by atoms with E-state index in [-0.39, 0.29) is 5.56 Å². The van der Waals surface area contributed by atoms with E-state index in [9.17, 15) is 19.1 Å². The molecule has 0 bridgehead atoms. The van der Waals surface area contributed by atoms with Crippen molar-refractivity contribution in [3.63, 3.8) is 0 Å². The van der Waals surface area contributed by atoms with E-state index in [0.717, 1.165) is 6.07 Å². The van der Waals surface area contributed by atoms with Crippen LogP contribution in [0.15, 0.2) is 24.3 Å². The Morgan fingerprint density at radius 2 is 1.86 bits per heavy atom. The van der Waals surface area contributed by atoms with Crippen molar-refractivity contribution >= 4 is 12.1 Å². The van der Waals surface area contributed by atoms with Gasteiger partial charge in [-0.15, -0.1) is 0 Å². The molecule has 0 saturated carbocycles. The summed E-state index contributed by atoms with van der Waals surface area (Å²) < 4.78 is 18.5. The molecule has 0 fully saturated rings. The summed E-state index contributed by atoms with van der Waals surface area (Å²) in [6.45, 7) is 4.82. The lowest BCUT2D eigenvalue weighted by Crippen LogP contribution is -2.47. The molecule has 0 unspecified atom stereocenters. The van der Waals surface area contributed by atoms with Crippen LogP contribution in [0.5, 0.6) is 0 Å². The first kappa shape index (κ1) is 16.9. The van der Waals surface area contributed by atoms with Crippen molar-refractivity contribution in [3.05, 3.63) is 35.6 Å². The number of ether oxygens (including phenoxy) is 1. The molecule has 3 N–H and O–H groups in total. The van der Waals surface area contributed by atoms with Crippen LogP contribution in [0.4, 0.5) is 9.18 Å². The number of hydrogen-bond donors (Lipinski definition) is 3. The van der Waals surface area contributed by atoms with Gasteiger partial charge in [0.05, 0.1) is 0 Å². The number of carboxylic acid groups (broad SMARTS) is 1. The van der Waals surface area contributed by atoms with Crippen molar-refractivity contribution < 1.29 is 28.9 Å². The molecule has 0 radical (unpaired) electrons. The number of carbonyl (C=O) groups excluding carboxylic acids is 1. The molecule has 2 atom stereocenters. The van der Waals surface area contributed by atoms with Gasteiger partial charge in [0.25, 0.3) is 0 Å². The van der Waals surface area contributed by atoms with E-state index in [0.29, 0.717) is 0 Å². The minimum Gasteiger partial charge on any atom is -0.480 e. The maximum absolute atomic E-state index is 13.6. The van der Waals surface area contributed by atoms with Gasteiger partial charge in [-0.1, -0.05) is 18.2 Å². The van der Waals surface area contributed by atoms with E-state index in [2.05, 4.69) is 0 Å². The van der Waals surface area contributed by atoms with Gasteiger partial charge in [-0.25, -0.2) is 14.0 Å². The van der Waals surface area contributed by atoms with E-state index in [1.165, 1.54) is 18.2 Å². The van der Waals surface area contributed by atoms with Crippen LogP contribution in [0.1, 0.15) is 32.4 Å². The molecule has 1 amide bonds. The second kappa shape index (κ2) is 6.53. The topological polar surface area (TPSA) is 95.9 Å². The molecule has 1 rings (SSSR count). The average Bonchev–Trinajstić information content (AvgIpc) is 2.33. The Bertz CT molecular complexity index is 526. The third-order valence-corrected chi connectivity index (χ3v) is 2.48. The zero-order valence-corrected chi connectivity index (χ0v) is 12.0. The van der Waals surface area contributed by atoms with Crippen LogP contribution in [0.25, 0.3) is 0 Å². The number of alkyl carbamates (subject to hydrolysis) is 1. The van der Waals surface area contributed by atoms with Crippen molar-refractivity contribution in [2.75, 3.05) is 0 Å². The zero-order valence-electron chi connectivity index (χ0n) is 12.0. The van der Waals surface area contributed by atoms with Gasteiger partial charge in [0.15, 0.2) is 6.04 Å². The minimum absolute atomic E-state index is 0.221. The van der Waals surface area contributed by atoms with Gasteiger partial charge in [-0.05, 0) is 26.8 Å². The molecule has 21 heavy (non-hydrogen) atoms. The molecule has 116 valence electrons. The molecule has 0 aliphatic carbocycles. The smallest absolute Gasteiger partial charge is 0.408 e. The predicted molar refractivity (Wildman–Crippen MR) is 72.2 cm³/mol. The van der Waals surface area contributed by atoms with Crippen molar-refractivity contribution in [2.24, 2.45) is 0 Å². The highest BCUT2D eigenvalue weighted by atomic mass is 19.1. The molecule has 0 spiro atoms. The van der Waals surface area contributed by atoms with E-state index < -0.39 is 35.6 Å². The second-order valence-electron chi connectivity index (χ2n) is 5.43. The van der Waals surface area contributed by atoms with Gasteiger partial charge in [0.2, 0.25) is 0 Å². The Labute approximate surface area is 121 Å². The molecule has 7 heteroatoms. The van der Waals surface area contributed by atoms with Crippen molar-refractivity contribution in [2.45, 2.75) is 38.5 Å². The number of aliphatic hydroxyl groups excluding tert-OH is 1.